The molecule has 0 bridgehead atoms. The highest BCUT2D eigenvalue weighted by Gasteiger charge is 2.09. The summed E-state index contributed by atoms with van der Waals surface area (Å²) in [6.45, 7) is 1.79. The monoisotopic (exact) mass is 272 g/mol. The number of aromatic nitrogens is 1. The zero-order valence-corrected chi connectivity index (χ0v) is 10.7. The number of pyridine rings is 1. The Hall–Kier alpha value is -2.89. The Bertz CT molecular complexity index is 683. The number of benzene rings is 1. The molecule has 102 valence electrons. The lowest BCUT2D eigenvalue weighted by molar-refractivity contribution is 0.0696. The molecule has 0 unspecified atom stereocenters. The van der Waals surface area contributed by atoms with Gasteiger partial charge in [-0.2, -0.15) is 0 Å². The molecule has 0 aliphatic carbocycles. The molecule has 0 aliphatic rings. The van der Waals surface area contributed by atoms with Crippen LogP contribution in [0.1, 0.15) is 26.4 Å². The molecule has 1 heterocycles. The van der Waals surface area contributed by atoms with E-state index in [1.54, 1.807) is 19.1 Å². The van der Waals surface area contributed by atoms with Gasteiger partial charge in [-0.3, -0.25) is 9.78 Å². The minimum absolute atomic E-state index is 0.0783. The number of primary amides is 1. The van der Waals surface area contributed by atoms with E-state index in [1.165, 1.54) is 24.4 Å². The molecule has 1 aromatic heterocycles. The van der Waals surface area contributed by atoms with Gasteiger partial charge in [0.05, 0.1) is 5.56 Å². The van der Waals surface area contributed by atoms with E-state index in [0.29, 0.717) is 11.5 Å². The van der Waals surface area contributed by atoms with Crippen molar-refractivity contribution >= 4 is 11.9 Å². The van der Waals surface area contributed by atoms with Crippen molar-refractivity contribution in [1.82, 2.24) is 4.98 Å². The molecule has 6 nitrogen and oxygen atoms in total. The molecule has 0 spiro atoms. The van der Waals surface area contributed by atoms with E-state index < -0.39 is 11.9 Å². The van der Waals surface area contributed by atoms with E-state index in [4.69, 9.17) is 15.6 Å². The fraction of sp³-hybridized carbons (Fsp3) is 0.0714. The predicted molar refractivity (Wildman–Crippen MR) is 71.0 cm³/mol. The second-order valence-corrected chi connectivity index (χ2v) is 4.13. The van der Waals surface area contributed by atoms with Gasteiger partial charge in [0.1, 0.15) is 17.2 Å². The fourth-order valence-corrected chi connectivity index (χ4v) is 1.58. The molecule has 0 saturated heterocycles. The summed E-state index contributed by atoms with van der Waals surface area (Å²) in [5.41, 5.74) is 6.10. The van der Waals surface area contributed by atoms with Crippen LogP contribution in [0.4, 0.5) is 0 Å². The number of aromatic carboxylic acids is 1. The number of ether oxygens (including phenoxy) is 1. The van der Waals surface area contributed by atoms with Crippen LogP contribution in [0.5, 0.6) is 11.5 Å². The van der Waals surface area contributed by atoms with Crippen LogP contribution in [-0.4, -0.2) is 22.0 Å². The van der Waals surface area contributed by atoms with Gasteiger partial charge in [0.15, 0.2) is 0 Å². The third-order valence-electron chi connectivity index (χ3n) is 2.65. The van der Waals surface area contributed by atoms with Crippen LogP contribution in [0.3, 0.4) is 0 Å². The van der Waals surface area contributed by atoms with Gasteiger partial charge < -0.3 is 15.6 Å². The highest BCUT2D eigenvalue weighted by molar-refractivity contribution is 5.91. The topological polar surface area (TPSA) is 103 Å². The summed E-state index contributed by atoms with van der Waals surface area (Å²) >= 11 is 0. The van der Waals surface area contributed by atoms with E-state index in [9.17, 15) is 9.59 Å². The molecule has 0 atom stereocenters. The van der Waals surface area contributed by atoms with Crippen molar-refractivity contribution in [3.8, 4) is 11.5 Å². The zero-order chi connectivity index (χ0) is 14.7. The number of hydrogen-bond donors (Lipinski definition) is 2. The van der Waals surface area contributed by atoms with E-state index >= 15 is 0 Å². The second kappa shape index (κ2) is 5.40. The van der Waals surface area contributed by atoms with E-state index in [0.717, 1.165) is 5.56 Å². The largest absolute Gasteiger partial charge is 0.478 e. The summed E-state index contributed by atoms with van der Waals surface area (Å²) < 4.78 is 5.58. The van der Waals surface area contributed by atoms with Gasteiger partial charge in [0.25, 0.3) is 5.91 Å². The summed E-state index contributed by atoms with van der Waals surface area (Å²) in [6, 6.07) is 7.51. The highest BCUT2D eigenvalue weighted by atomic mass is 16.5. The van der Waals surface area contributed by atoms with Crippen molar-refractivity contribution in [3.63, 3.8) is 0 Å². The molecule has 0 fully saturated rings. The number of amides is 1. The average molecular weight is 272 g/mol. The van der Waals surface area contributed by atoms with Crippen LogP contribution in [-0.2, 0) is 0 Å². The smallest absolute Gasteiger partial charge is 0.335 e. The van der Waals surface area contributed by atoms with Gasteiger partial charge in [-0.25, -0.2) is 4.79 Å². The van der Waals surface area contributed by atoms with Crippen LogP contribution in [0.25, 0.3) is 0 Å². The first kappa shape index (κ1) is 13.5. The minimum atomic E-state index is -1.04. The predicted octanol–water partition coefficient (Wildman–Crippen LogP) is 1.98. The Morgan fingerprint density at radius 1 is 1.25 bits per heavy atom. The molecule has 1 aromatic carbocycles. The summed E-state index contributed by atoms with van der Waals surface area (Å²) in [7, 11) is 0. The number of carbonyl (C=O) groups excluding carboxylic acids is 1. The summed E-state index contributed by atoms with van der Waals surface area (Å²) in [6.07, 6.45) is 1.39. The van der Waals surface area contributed by atoms with Crippen molar-refractivity contribution in [2.24, 2.45) is 5.73 Å². The SMILES string of the molecule is Cc1ccc(C(=O)O)cc1Oc1ccnc(C(N)=O)c1. The molecule has 1 amide bonds. The number of carbonyl (C=O) groups is 2. The summed E-state index contributed by atoms with van der Waals surface area (Å²) in [5.74, 6) is -0.945. The Balaban J connectivity index is 2.34. The minimum Gasteiger partial charge on any atom is -0.478 e. The third kappa shape index (κ3) is 2.92. The molecule has 6 heteroatoms. The van der Waals surface area contributed by atoms with Gasteiger partial charge in [0.2, 0.25) is 0 Å². The van der Waals surface area contributed by atoms with Crippen molar-refractivity contribution in [1.29, 1.82) is 0 Å². The number of carboxylic acid groups (broad SMARTS) is 1. The third-order valence-corrected chi connectivity index (χ3v) is 2.65. The Kier molecular flexibility index (Phi) is 3.65. The number of carboxylic acids is 1. The van der Waals surface area contributed by atoms with Gasteiger partial charge in [-0.15, -0.1) is 0 Å². The van der Waals surface area contributed by atoms with Gasteiger partial charge >= 0.3 is 5.97 Å². The fourth-order valence-electron chi connectivity index (χ4n) is 1.58. The number of hydrogen-bond acceptors (Lipinski definition) is 4. The zero-order valence-electron chi connectivity index (χ0n) is 10.7. The number of rotatable bonds is 4. The molecular formula is C14H12N2O4. The average Bonchev–Trinajstić information content (AvgIpc) is 2.41. The van der Waals surface area contributed by atoms with Crippen LogP contribution < -0.4 is 10.5 Å². The standard InChI is InChI=1S/C14H12N2O4/c1-8-2-3-9(14(18)19)6-12(8)20-10-4-5-16-11(7-10)13(15)17/h2-7H,1H3,(H2,15,17)(H,18,19). The van der Waals surface area contributed by atoms with Crippen molar-refractivity contribution in [3.05, 3.63) is 53.3 Å². The van der Waals surface area contributed by atoms with E-state index in [1.807, 2.05) is 0 Å². The van der Waals surface area contributed by atoms with E-state index in [2.05, 4.69) is 4.98 Å². The van der Waals surface area contributed by atoms with Gasteiger partial charge in [0, 0.05) is 12.3 Å². The maximum absolute atomic E-state index is 11.0. The lowest BCUT2D eigenvalue weighted by Crippen LogP contribution is -2.12. The highest BCUT2D eigenvalue weighted by Crippen LogP contribution is 2.26. The van der Waals surface area contributed by atoms with Crippen LogP contribution >= 0.6 is 0 Å². The van der Waals surface area contributed by atoms with E-state index in [-0.39, 0.29) is 11.3 Å². The van der Waals surface area contributed by atoms with Crippen LogP contribution in [0.2, 0.25) is 0 Å². The first-order chi connectivity index (χ1) is 9.47. The summed E-state index contributed by atoms with van der Waals surface area (Å²) in [4.78, 5) is 25.8. The van der Waals surface area contributed by atoms with Crippen molar-refractivity contribution < 1.29 is 19.4 Å². The van der Waals surface area contributed by atoms with Crippen molar-refractivity contribution in [2.45, 2.75) is 6.92 Å². The molecule has 20 heavy (non-hydrogen) atoms. The maximum Gasteiger partial charge on any atom is 0.335 e. The number of nitrogens with two attached hydrogens (primary N) is 1. The normalized spacial score (nSPS) is 10.1. The first-order valence-corrected chi connectivity index (χ1v) is 5.75. The molecule has 2 rings (SSSR count). The first-order valence-electron chi connectivity index (χ1n) is 5.75. The maximum atomic E-state index is 11.0. The van der Waals surface area contributed by atoms with Crippen molar-refractivity contribution in [2.75, 3.05) is 0 Å². The number of nitrogens with zero attached hydrogens (tertiary/aromatic N) is 1. The Labute approximate surface area is 114 Å². The molecule has 0 radical (unpaired) electrons. The van der Waals surface area contributed by atoms with Gasteiger partial charge in [-0.05, 0) is 30.7 Å². The summed E-state index contributed by atoms with van der Waals surface area (Å²) in [5, 5.41) is 8.96. The quantitative estimate of drug-likeness (QED) is 0.885. The molecule has 0 saturated carbocycles. The van der Waals surface area contributed by atoms with Crippen LogP contribution in [0, 0.1) is 6.92 Å². The Morgan fingerprint density at radius 3 is 2.65 bits per heavy atom. The lowest BCUT2D eigenvalue weighted by Gasteiger charge is -2.09. The second-order valence-electron chi connectivity index (χ2n) is 4.13. The number of aryl methyl sites for hydroxylation is 1. The Morgan fingerprint density at radius 2 is 2.00 bits per heavy atom. The molecule has 0 aliphatic heterocycles. The molecule has 3 N–H and O–H groups in total. The lowest BCUT2D eigenvalue weighted by atomic mass is 10.1. The molecule has 2 aromatic rings. The van der Waals surface area contributed by atoms with Crippen LogP contribution in [0.15, 0.2) is 36.5 Å². The molecular weight excluding hydrogens is 260 g/mol. The van der Waals surface area contributed by atoms with Gasteiger partial charge in [-0.1, -0.05) is 6.07 Å².